The summed E-state index contributed by atoms with van der Waals surface area (Å²) < 4.78 is 7.39. The van der Waals surface area contributed by atoms with Crippen LogP contribution in [-0.4, -0.2) is 5.24 Å². The number of hydrogen-bond acceptors (Lipinski definition) is 1. The Morgan fingerprint density at radius 3 is 2.57 bits per heavy atom. The van der Waals surface area contributed by atoms with Crippen molar-refractivity contribution < 1.29 is 6.17 Å². The van der Waals surface area contributed by atoms with Gasteiger partial charge >= 0.3 is 0 Å². The molecule has 0 heterocycles. The lowest BCUT2D eigenvalue weighted by atomic mass is 10.0. The highest BCUT2D eigenvalue weighted by Crippen LogP contribution is 2.23. The zero-order valence-corrected chi connectivity index (χ0v) is 8.21. The second-order valence-electron chi connectivity index (χ2n) is 3.09. The van der Waals surface area contributed by atoms with Crippen LogP contribution in [0.1, 0.15) is 17.3 Å². The van der Waals surface area contributed by atoms with Gasteiger partial charge in [-0.1, -0.05) is 30.3 Å². The van der Waals surface area contributed by atoms with Gasteiger partial charge in [0.15, 0.2) is 0 Å². The topological polar surface area (TPSA) is 17.1 Å². The number of carbonyl (C=O) groups is 1. The van der Waals surface area contributed by atoms with E-state index in [4.69, 9.17) is 13.0 Å². The largest absolute Gasteiger partial charge is 0.276 e. The number of halogens is 1. The van der Waals surface area contributed by atoms with Crippen LogP contribution in [0.2, 0.25) is 0 Å². The predicted molar refractivity (Wildman–Crippen MR) is 58.9 cm³/mol. The first-order valence-electron chi connectivity index (χ1n) is 4.94. The highest BCUT2D eigenvalue weighted by Gasteiger charge is 2.07. The van der Waals surface area contributed by atoms with Crippen molar-refractivity contribution in [1.82, 2.24) is 0 Å². The predicted octanol–water partition coefficient (Wildman–Crippen LogP) is 3.53. The van der Waals surface area contributed by atoms with E-state index in [2.05, 4.69) is 0 Å². The summed E-state index contributed by atoms with van der Waals surface area (Å²) in [7, 11) is 0. The van der Waals surface area contributed by atoms with Gasteiger partial charge in [-0.05, 0) is 40.9 Å². The Bertz CT molecular complexity index is 522. The first kappa shape index (κ1) is 8.01. The minimum absolute atomic E-state index is 0.206. The van der Waals surface area contributed by atoms with Crippen LogP contribution in [0.15, 0.2) is 36.4 Å². The number of carbonyl (C=O) groups excluding carboxylic acids is 1. The van der Waals surface area contributed by atoms with E-state index in [0.717, 1.165) is 16.3 Å². The monoisotopic (exact) mass is 205 g/mol. The maximum absolute atomic E-state index is 11.2. The summed E-state index contributed by atoms with van der Waals surface area (Å²) in [5, 5.41) is 1.30. The fourth-order valence-corrected chi connectivity index (χ4v) is 1.70. The number of aryl methyl sites for hydroxylation is 1. The van der Waals surface area contributed by atoms with Crippen LogP contribution in [0.4, 0.5) is 0 Å². The number of fused-ring (bicyclic) bond motifs is 1. The van der Waals surface area contributed by atoms with Crippen molar-refractivity contribution in [2.75, 3.05) is 0 Å². The average Bonchev–Trinajstić information content (AvgIpc) is 2.27. The van der Waals surface area contributed by atoms with Gasteiger partial charge in [0.05, 0.1) is 0 Å². The second kappa shape index (κ2) is 3.43. The molecule has 14 heavy (non-hydrogen) atoms. The van der Waals surface area contributed by atoms with Crippen molar-refractivity contribution in [1.29, 1.82) is 0 Å². The normalized spacial score (nSPS) is 11.4. The molecule has 2 aromatic rings. The van der Waals surface area contributed by atoms with Gasteiger partial charge in [-0.15, -0.1) is 0 Å². The molecule has 0 spiro atoms. The minimum Gasteiger partial charge on any atom is -0.276 e. The summed E-state index contributed by atoms with van der Waals surface area (Å²) in [5.74, 6) is 0. The molecular weight excluding hydrogens is 196 g/mol. The molecule has 0 N–H and O–H groups in total. The van der Waals surface area contributed by atoms with Crippen LogP contribution >= 0.6 is 11.6 Å². The number of rotatable bonds is 1. The van der Waals surface area contributed by atoms with Gasteiger partial charge in [0.1, 0.15) is 0 Å². The maximum Gasteiger partial charge on any atom is 0.253 e. The first-order chi connectivity index (χ1) is 7.24. The highest BCUT2D eigenvalue weighted by atomic mass is 35.5. The highest BCUT2D eigenvalue weighted by molar-refractivity contribution is 6.68. The van der Waals surface area contributed by atoms with Crippen LogP contribution in [0.25, 0.3) is 10.8 Å². The molecule has 0 saturated carbocycles. The Morgan fingerprint density at radius 2 is 1.93 bits per heavy atom. The van der Waals surface area contributed by atoms with Crippen molar-refractivity contribution in [3.63, 3.8) is 0 Å². The van der Waals surface area contributed by atoms with Gasteiger partial charge in [-0.3, -0.25) is 4.79 Å². The summed E-state index contributed by atoms with van der Waals surface area (Å²) in [6.45, 7) is 0.206. The van der Waals surface area contributed by atoms with Gasteiger partial charge in [0.25, 0.3) is 5.24 Å². The Hall–Kier alpha value is -1.34. The van der Waals surface area contributed by atoms with E-state index in [1.54, 1.807) is 12.1 Å². The zero-order chi connectivity index (χ0) is 10.8. The van der Waals surface area contributed by atoms with Crippen LogP contribution < -0.4 is 0 Å². The van der Waals surface area contributed by atoms with E-state index in [1.165, 1.54) is 0 Å². The fraction of sp³-hybridized carbons (Fsp3) is 0.0833. The molecule has 0 aliphatic carbocycles. The van der Waals surface area contributed by atoms with Gasteiger partial charge in [0, 0.05) is 6.93 Å². The Morgan fingerprint density at radius 1 is 1.21 bits per heavy atom. The smallest absolute Gasteiger partial charge is 0.253 e. The molecule has 0 fully saturated rings. The lowest BCUT2D eigenvalue weighted by molar-refractivity contribution is 0.108. The van der Waals surface area contributed by atoms with Crippen LogP contribution in [0, 0.1) is 6.90 Å². The quantitative estimate of drug-likeness (QED) is 0.651. The molecule has 0 unspecified atom stereocenters. The van der Waals surface area contributed by atoms with Gasteiger partial charge < -0.3 is 0 Å². The van der Waals surface area contributed by atoms with Crippen molar-refractivity contribution in [3.05, 3.63) is 47.5 Å². The average molecular weight is 206 g/mol. The third-order valence-corrected chi connectivity index (χ3v) is 2.43. The Balaban J connectivity index is 2.83. The third-order valence-electron chi connectivity index (χ3n) is 2.23. The molecule has 0 radical (unpaired) electrons. The van der Waals surface area contributed by atoms with Crippen LogP contribution in [-0.2, 0) is 0 Å². The molecule has 2 aromatic carbocycles. The van der Waals surface area contributed by atoms with E-state index in [-0.39, 0.29) is 6.90 Å². The zero-order valence-electron chi connectivity index (χ0n) is 8.46. The van der Waals surface area contributed by atoms with Crippen molar-refractivity contribution in [2.45, 2.75) is 6.90 Å². The van der Waals surface area contributed by atoms with Crippen molar-refractivity contribution >= 4 is 27.6 Å². The molecule has 1 nitrogen and oxygen atoms in total. The second-order valence-corrected chi connectivity index (χ2v) is 3.43. The summed E-state index contributed by atoms with van der Waals surface area (Å²) in [5.41, 5.74) is 1.41. The molecular formula is C12H9ClO. The Labute approximate surface area is 88.7 Å². The maximum atomic E-state index is 11.2. The van der Waals surface area contributed by atoms with Crippen LogP contribution in [0.5, 0.6) is 0 Å². The third kappa shape index (κ3) is 1.40. The summed E-state index contributed by atoms with van der Waals surface area (Å²) in [6, 6.07) is 11.0. The fourth-order valence-electron chi connectivity index (χ4n) is 1.53. The lowest BCUT2D eigenvalue weighted by Gasteiger charge is -2.04. The van der Waals surface area contributed by atoms with Crippen molar-refractivity contribution in [3.8, 4) is 0 Å². The van der Waals surface area contributed by atoms with Gasteiger partial charge in [-0.25, -0.2) is 0 Å². The van der Waals surface area contributed by atoms with Gasteiger partial charge in [-0.2, -0.15) is 0 Å². The molecule has 2 heteroatoms. The molecule has 0 aliphatic rings. The van der Waals surface area contributed by atoms with E-state index in [1.807, 2.05) is 24.3 Å². The molecule has 0 amide bonds. The van der Waals surface area contributed by atoms with E-state index in [0.29, 0.717) is 5.56 Å². The molecule has 0 bridgehead atoms. The number of benzene rings is 2. The summed E-state index contributed by atoms with van der Waals surface area (Å²) >= 11 is 5.49. The van der Waals surface area contributed by atoms with Crippen LogP contribution in [0.3, 0.4) is 0 Å². The molecule has 70 valence electrons. The van der Waals surface area contributed by atoms with Crippen molar-refractivity contribution in [2.24, 2.45) is 0 Å². The van der Waals surface area contributed by atoms with Gasteiger partial charge in [0.2, 0.25) is 0 Å². The minimum atomic E-state index is -0.456. The van der Waals surface area contributed by atoms with E-state index >= 15 is 0 Å². The molecule has 0 atom stereocenters. The summed E-state index contributed by atoms with van der Waals surface area (Å²) in [4.78, 5) is 11.2. The standard InChI is InChI=1S/C12H9ClO/c1-8-6-7-11(12(13)14)10-5-3-2-4-9(8)10/h2-7H,1H3/i1D. The lowest BCUT2D eigenvalue weighted by Crippen LogP contribution is -1.91. The summed E-state index contributed by atoms with van der Waals surface area (Å²) in [6.07, 6.45) is 0. The molecule has 0 aromatic heterocycles. The molecule has 0 saturated heterocycles. The Kier molecular flexibility index (Phi) is 1.96. The SMILES string of the molecule is [2H]Cc1ccc(C(=O)Cl)c2ccccc12. The molecule has 2 rings (SSSR count). The molecule has 0 aliphatic heterocycles. The number of hydrogen-bond donors (Lipinski definition) is 0. The van der Waals surface area contributed by atoms with E-state index < -0.39 is 5.24 Å². The van der Waals surface area contributed by atoms with E-state index in [9.17, 15) is 4.79 Å². The first-order valence-corrected chi connectivity index (χ1v) is 4.61.